The summed E-state index contributed by atoms with van der Waals surface area (Å²) in [6.45, 7) is 9.06. The van der Waals surface area contributed by atoms with Crippen LogP contribution in [0.25, 0.3) is 16.7 Å². The average molecular weight is 346 g/mol. The molecule has 26 heavy (non-hydrogen) atoms. The van der Waals surface area contributed by atoms with Gasteiger partial charge in [0.25, 0.3) is 0 Å². The molecule has 0 unspecified atom stereocenters. The van der Waals surface area contributed by atoms with Gasteiger partial charge in [-0.2, -0.15) is 5.26 Å². The first-order valence-electron chi connectivity index (χ1n) is 9.40. The number of fused-ring (bicyclic) bond motifs is 3. The Balaban J connectivity index is 2.19. The number of hydrogen-bond acceptors (Lipinski definition) is 3. The second-order valence-electron chi connectivity index (χ2n) is 6.68. The van der Waals surface area contributed by atoms with Crippen molar-refractivity contribution in [2.45, 2.75) is 46.0 Å². The van der Waals surface area contributed by atoms with E-state index in [2.05, 4.69) is 35.4 Å². The molecular weight excluding hydrogens is 320 g/mol. The molecule has 134 valence electrons. The fraction of sp³-hybridized carbons (Fsp3) is 0.364. The van der Waals surface area contributed by atoms with Gasteiger partial charge in [-0.15, -0.1) is 6.58 Å². The third kappa shape index (κ3) is 3.17. The number of benzene rings is 1. The van der Waals surface area contributed by atoms with Gasteiger partial charge in [-0.05, 0) is 37.5 Å². The summed E-state index contributed by atoms with van der Waals surface area (Å²) in [5, 5.41) is 13.4. The van der Waals surface area contributed by atoms with E-state index in [-0.39, 0.29) is 0 Å². The third-order valence-electron chi connectivity index (χ3n) is 4.90. The first-order valence-corrected chi connectivity index (χ1v) is 9.40. The number of unbranched alkanes of at least 4 members (excludes halogenated alkanes) is 3. The summed E-state index contributed by atoms with van der Waals surface area (Å²) >= 11 is 0. The third-order valence-corrected chi connectivity index (χ3v) is 4.90. The Morgan fingerprint density at radius 2 is 2.08 bits per heavy atom. The van der Waals surface area contributed by atoms with E-state index in [1.165, 1.54) is 19.3 Å². The van der Waals surface area contributed by atoms with E-state index in [4.69, 9.17) is 4.98 Å². The molecule has 0 spiro atoms. The fourth-order valence-electron chi connectivity index (χ4n) is 3.52. The van der Waals surface area contributed by atoms with Crippen LogP contribution in [0.2, 0.25) is 0 Å². The number of allylic oxidation sites excluding steroid dienone is 1. The van der Waals surface area contributed by atoms with Gasteiger partial charge in [0, 0.05) is 12.1 Å². The van der Waals surface area contributed by atoms with Crippen molar-refractivity contribution in [3.8, 4) is 6.07 Å². The Hall–Kier alpha value is -2.80. The van der Waals surface area contributed by atoms with Gasteiger partial charge >= 0.3 is 0 Å². The highest BCUT2D eigenvalue weighted by atomic mass is 15.1. The Morgan fingerprint density at radius 1 is 1.27 bits per heavy atom. The van der Waals surface area contributed by atoms with Crippen LogP contribution in [-0.4, -0.2) is 15.9 Å². The van der Waals surface area contributed by atoms with E-state index in [9.17, 15) is 5.26 Å². The minimum Gasteiger partial charge on any atom is -0.371 e. The van der Waals surface area contributed by atoms with E-state index in [1.807, 2.05) is 31.2 Å². The minimum atomic E-state index is 0.648. The van der Waals surface area contributed by atoms with Crippen molar-refractivity contribution in [3.05, 3.63) is 53.6 Å². The number of nitrogens with zero attached hydrogens (tertiary/aromatic N) is 3. The van der Waals surface area contributed by atoms with Crippen LogP contribution in [0.15, 0.2) is 36.9 Å². The normalized spacial score (nSPS) is 11.0. The Labute approximate surface area is 155 Å². The number of hydrogen-bond donors (Lipinski definition) is 1. The first-order chi connectivity index (χ1) is 12.7. The quantitative estimate of drug-likeness (QED) is 0.439. The SMILES string of the molecule is C=CCc1c(C)c(C#N)c2nc3ccccc3n2c1NCCCCCC. The zero-order chi connectivity index (χ0) is 18.5. The Bertz CT molecular complexity index is 975. The monoisotopic (exact) mass is 346 g/mol. The Kier molecular flexibility index (Phi) is 5.58. The van der Waals surface area contributed by atoms with Gasteiger partial charge in [-0.3, -0.25) is 4.40 Å². The molecule has 2 heterocycles. The highest BCUT2D eigenvalue weighted by Gasteiger charge is 2.19. The molecule has 0 saturated heterocycles. The average Bonchev–Trinajstić information content (AvgIpc) is 3.03. The summed E-state index contributed by atoms with van der Waals surface area (Å²) in [5.41, 5.74) is 5.44. The molecule has 0 amide bonds. The van der Waals surface area contributed by atoms with Gasteiger partial charge in [-0.25, -0.2) is 4.98 Å². The van der Waals surface area contributed by atoms with Crippen molar-refractivity contribution in [3.63, 3.8) is 0 Å². The summed E-state index contributed by atoms with van der Waals surface area (Å²) in [4.78, 5) is 4.74. The van der Waals surface area contributed by atoms with Crippen LogP contribution in [0, 0.1) is 18.3 Å². The van der Waals surface area contributed by atoms with Crippen molar-refractivity contribution < 1.29 is 0 Å². The molecule has 4 nitrogen and oxygen atoms in total. The van der Waals surface area contributed by atoms with Crippen LogP contribution < -0.4 is 5.32 Å². The summed E-state index contributed by atoms with van der Waals surface area (Å²) in [6.07, 6.45) is 7.47. The van der Waals surface area contributed by atoms with Crippen molar-refractivity contribution >= 4 is 22.5 Å². The smallest absolute Gasteiger partial charge is 0.157 e. The molecule has 0 aliphatic carbocycles. The number of nitrogens with one attached hydrogen (secondary N) is 1. The van der Waals surface area contributed by atoms with E-state index in [0.717, 1.165) is 53.0 Å². The highest BCUT2D eigenvalue weighted by molar-refractivity contribution is 5.86. The lowest BCUT2D eigenvalue weighted by atomic mass is 10.0. The molecule has 0 atom stereocenters. The van der Waals surface area contributed by atoms with Crippen molar-refractivity contribution in [1.82, 2.24) is 9.38 Å². The van der Waals surface area contributed by atoms with Crippen LogP contribution in [0.4, 0.5) is 5.82 Å². The maximum Gasteiger partial charge on any atom is 0.157 e. The van der Waals surface area contributed by atoms with Gasteiger partial charge in [-0.1, -0.05) is 44.4 Å². The van der Waals surface area contributed by atoms with Crippen molar-refractivity contribution in [2.75, 3.05) is 11.9 Å². The van der Waals surface area contributed by atoms with E-state index in [0.29, 0.717) is 5.56 Å². The van der Waals surface area contributed by atoms with Gasteiger partial charge in [0.1, 0.15) is 11.9 Å². The molecular formula is C22H26N4. The van der Waals surface area contributed by atoms with Crippen LogP contribution in [-0.2, 0) is 6.42 Å². The molecule has 3 aromatic rings. The number of nitriles is 1. The summed E-state index contributed by atoms with van der Waals surface area (Å²) in [5.74, 6) is 1.04. The topological polar surface area (TPSA) is 53.1 Å². The number of anilines is 1. The van der Waals surface area contributed by atoms with Crippen LogP contribution >= 0.6 is 0 Å². The summed E-state index contributed by atoms with van der Waals surface area (Å²) < 4.78 is 2.11. The van der Waals surface area contributed by atoms with E-state index >= 15 is 0 Å². The lowest BCUT2D eigenvalue weighted by molar-refractivity contribution is 0.683. The first kappa shape index (κ1) is 18.0. The molecule has 1 N–H and O–H groups in total. The van der Waals surface area contributed by atoms with Crippen LogP contribution in [0.5, 0.6) is 0 Å². The molecule has 3 rings (SSSR count). The molecule has 0 saturated carbocycles. The Morgan fingerprint density at radius 3 is 2.81 bits per heavy atom. The molecule has 1 aromatic carbocycles. The number of pyridine rings is 1. The number of aromatic nitrogens is 2. The largest absolute Gasteiger partial charge is 0.371 e. The van der Waals surface area contributed by atoms with Crippen LogP contribution in [0.1, 0.15) is 49.3 Å². The van der Waals surface area contributed by atoms with Gasteiger partial charge in [0.15, 0.2) is 5.65 Å². The maximum atomic E-state index is 9.75. The maximum absolute atomic E-state index is 9.75. The number of rotatable bonds is 8. The lowest BCUT2D eigenvalue weighted by Gasteiger charge is -2.18. The summed E-state index contributed by atoms with van der Waals surface area (Å²) in [6, 6.07) is 10.4. The zero-order valence-electron chi connectivity index (χ0n) is 15.7. The second kappa shape index (κ2) is 8.05. The fourth-order valence-corrected chi connectivity index (χ4v) is 3.52. The molecule has 0 aliphatic heterocycles. The lowest BCUT2D eigenvalue weighted by Crippen LogP contribution is -2.12. The molecule has 0 bridgehead atoms. The molecule has 0 radical (unpaired) electrons. The van der Waals surface area contributed by atoms with Gasteiger partial charge in [0.05, 0.1) is 16.6 Å². The van der Waals surface area contributed by atoms with E-state index in [1.54, 1.807) is 0 Å². The number of para-hydroxylation sites is 2. The molecule has 4 heteroatoms. The van der Waals surface area contributed by atoms with Crippen molar-refractivity contribution in [2.24, 2.45) is 0 Å². The highest BCUT2D eigenvalue weighted by Crippen LogP contribution is 2.31. The number of imidazole rings is 1. The van der Waals surface area contributed by atoms with Gasteiger partial charge in [0.2, 0.25) is 0 Å². The van der Waals surface area contributed by atoms with Crippen molar-refractivity contribution in [1.29, 1.82) is 5.26 Å². The van der Waals surface area contributed by atoms with Crippen LogP contribution in [0.3, 0.4) is 0 Å². The standard InChI is InChI=1S/C22H26N4/c1-4-6-7-10-14-24-21-17(11-5-2)16(3)18(15-23)22-25-19-12-8-9-13-20(19)26(21)22/h5,8-9,12-13,24H,2,4,6-7,10-11,14H2,1,3H3. The van der Waals surface area contributed by atoms with Gasteiger partial charge < -0.3 is 5.32 Å². The molecule has 2 aromatic heterocycles. The predicted molar refractivity (Wildman–Crippen MR) is 109 cm³/mol. The molecule has 0 aliphatic rings. The minimum absolute atomic E-state index is 0.648. The van der Waals surface area contributed by atoms with E-state index < -0.39 is 0 Å². The zero-order valence-corrected chi connectivity index (χ0v) is 15.7. The second-order valence-corrected chi connectivity index (χ2v) is 6.68. The predicted octanol–water partition coefficient (Wildman–Crippen LogP) is 5.39. The molecule has 0 fully saturated rings. The summed E-state index contributed by atoms with van der Waals surface area (Å²) in [7, 11) is 0.